The molecule has 27 heavy (non-hydrogen) atoms. The van der Waals surface area contributed by atoms with Crippen LogP contribution in [-0.2, 0) is 6.18 Å². The molecule has 0 aliphatic rings. The molecule has 0 saturated carbocycles. The topological polar surface area (TPSA) is 59.8 Å². The lowest BCUT2D eigenvalue weighted by Gasteiger charge is -2.13. The third-order valence-corrected chi connectivity index (χ3v) is 4.14. The SMILES string of the molecule is O=C(Nc1ncc(Cl)cc1Cl)c1cnn(-c2ccc(Cl)cc2)c1C(F)(F)F. The second kappa shape index (κ2) is 7.38. The summed E-state index contributed by atoms with van der Waals surface area (Å²) in [7, 11) is 0. The summed E-state index contributed by atoms with van der Waals surface area (Å²) in [6, 6.07) is 6.83. The van der Waals surface area contributed by atoms with Gasteiger partial charge in [-0.2, -0.15) is 18.3 Å². The first-order valence-electron chi connectivity index (χ1n) is 7.20. The Morgan fingerprint density at radius 1 is 1.04 bits per heavy atom. The molecule has 0 fully saturated rings. The molecule has 0 saturated heterocycles. The number of carbonyl (C=O) groups is 1. The summed E-state index contributed by atoms with van der Waals surface area (Å²) in [5.74, 6) is -1.20. The lowest BCUT2D eigenvalue weighted by atomic mass is 10.2. The molecule has 0 radical (unpaired) electrons. The van der Waals surface area contributed by atoms with Crippen LogP contribution < -0.4 is 5.32 Å². The van der Waals surface area contributed by atoms with Crippen LogP contribution in [0, 0.1) is 0 Å². The van der Waals surface area contributed by atoms with E-state index in [9.17, 15) is 18.0 Å². The van der Waals surface area contributed by atoms with E-state index in [1.807, 2.05) is 0 Å². The Morgan fingerprint density at radius 2 is 1.70 bits per heavy atom. The van der Waals surface area contributed by atoms with Crippen molar-refractivity contribution in [3.63, 3.8) is 0 Å². The lowest BCUT2D eigenvalue weighted by molar-refractivity contribution is -0.143. The summed E-state index contributed by atoms with van der Waals surface area (Å²) >= 11 is 17.4. The molecule has 1 aromatic carbocycles. The fourth-order valence-corrected chi connectivity index (χ4v) is 2.80. The summed E-state index contributed by atoms with van der Waals surface area (Å²) in [5.41, 5.74) is -1.84. The first kappa shape index (κ1) is 19.5. The van der Waals surface area contributed by atoms with Crippen molar-refractivity contribution in [3.8, 4) is 5.69 Å². The number of nitrogens with one attached hydrogen (secondary N) is 1. The third-order valence-electron chi connectivity index (χ3n) is 3.39. The predicted octanol–water partition coefficient (Wildman–Crippen LogP) is 5.50. The first-order chi connectivity index (χ1) is 12.7. The number of aromatic nitrogens is 3. The molecule has 11 heteroatoms. The molecule has 5 nitrogen and oxygen atoms in total. The Hall–Kier alpha value is -2.29. The predicted molar refractivity (Wildman–Crippen MR) is 95.8 cm³/mol. The van der Waals surface area contributed by atoms with Crippen molar-refractivity contribution < 1.29 is 18.0 Å². The van der Waals surface area contributed by atoms with Gasteiger partial charge in [0.1, 0.15) is 0 Å². The number of halogens is 6. The molecule has 0 aliphatic heterocycles. The van der Waals surface area contributed by atoms with Crippen molar-refractivity contribution in [2.75, 3.05) is 5.32 Å². The van der Waals surface area contributed by atoms with Crippen LogP contribution in [0.4, 0.5) is 19.0 Å². The van der Waals surface area contributed by atoms with Crippen molar-refractivity contribution >= 4 is 46.5 Å². The largest absolute Gasteiger partial charge is 0.434 e. The van der Waals surface area contributed by atoms with Gasteiger partial charge in [-0.25, -0.2) is 9.67 Å². The normalized spacial score (nSPS) is 11.5. The summed E-state index contributed by atoms with van der Waals surface area (Å²) in [5, 5.41) is 6.47. The van der Waals surface area contributed by atoms with Crippen LogP contribution in [0.3, 0.4) is 0 Å². The Balaban J connectivity index is 2.02. The second-order valence-electron chi connectivity index (χ2n) is 5.23. The van der Waals surface area contributed by atoms with Crippen molar-refractivity contribution in [2.24, 2.45) is 0 Å². The van der Waals surface area contributed by atoms with Crippen LogP contribution >= 0.6 is 34.8 Å². The number of rotatable bonds is 3. The summed E-state index contributed by atoms with van der Waals surface area (Å²) in [4.78, 5) is 16.2. The molecule has 3 rings (SSSR count). The minimum atomic E-state index is -4.85. The van der Waals surface area contributed by atoms with E-state index in [1.165, 1.54) is 36.5 Å². The zero-order valence-corrected chi connectivity index (χ0v) is 15.3. The van der Waals surface area contributed by atoms with Crippen LogP contribution in [0.2, 0.25) is 15.1 Å². The monoisotopic (exact) mass is 434 g/mol. The van der Waals surface area contributed by atoms with Crippen molar-refractivity contribution in [1.82, 2.24) is 14.8 Å². The van der Waals surface area contributed by atoms with Gasteiger partial charge >= 0.3 is 6.18 Å². The summed E-state index contributed by atoms with van der Waals surface area (Å²) in [6.07, 6.45) is -2.83. The second-order valence-corrected chi connectivity index (χ2v) is 6.51. The van der Waals surface area contributed by atoms with E-state index < -0.39 is 23.3 Å². The highest BCUT2D eigenvalue weighted by Crippen LogP contribution is 2.34. The quantitative estimate of drug-likeness (QED) is 0.591. The fourth-order valence-electron chi connectivity index (χ4n) is 2.25. The van der Waals surface area contributed by atoms with Gasteiger partial charge in [0, 0.05) is 11.2 Å². The van der Waals surface area contributed by atoms with Gasteiger partial charge in [-0.05, 0) is 30.3 Å². The van der Waals surface area contributed by atoms with Gasteiger partial charge in [0.25, 0.3) is 5.91 Å². The van der Waals surface area contributed by atoms with Gasteiger partial charge in [0.15, 0.2) is 11.5 Å². The molecular weight excluding hydrogens is 428 g/mol. The van der Waals surface area contributed by atoms with Crippen LogP contribution in [0.1, 0.15) is 16.1 Å². The fraction of sp³-hybridized carbons (Fsp3) is 0.0625. The van der Waals surface area contributed by atoms with Crippen molar-refractivity contribution in [3.05, 3.63) is 69.1 Å². The minimum Gasteiger partial charge on any atom is -0.305 e. The van der Waals surface area contributed by atoms with Gasteiger partial charge in [0.2, 0.25) is 0 Å². The van der Waals surface area contributed by atoms with Gasteiger partial charge in [0.05, 0.1) is 27.5 Å². The number of alkyl halides is 3. The molecule has 0 aliphatic carbocycles. The summed E-state index contributed by atoms with van der Waals surface area (Å²) in [6.45, 7) is 0. The Bertz CT molecular complexity index is 1000. The molecule has 3 aromatic rings. The molecule has 0 bridgehead atoms. The van der Waals surface area contributed by atoms with E-state index >= 15 is 0 Å². The molecule has 0 atom stereocenters. The van der Waals surface area contributed by atoms with Gasteiger partial charge in [-0.15, -0.1) is 0 Å². The molecule has 1 N–H and O–H groups in total. The highest BCUT2D eigenvalue weighted by atomic mass is 35.5. The van der Waals surface area contributed by atoms with E-state index in [1.54, 1.807) is 0 Å². The maximum atomic E-state index is 13.6. The molecular formula is C16H8Cl3F3N4O. The van der Waals surface area contributed by atoms with Crippen LogP contribution in [0.25, 0.3) is 5.69 Å². The van der Waals surface area contributed by atoms with Gasteiger partial charge in [-0.3, -0.25) is 4.79 Å². The number of anilines is 1. The van der Waals surface area contributed by atoms with Crippen LogP contribution in [0.5, 0.6) is 0 Å². The average molecular weight is 436 g/mol. The van der Waals surface area contributed by atoms with E-state index in [-0.39, 0.29) is 21.6 Å². The molecule has 0 unspecified atom stereocenters. The molecule has 2 heterocycles. The van der Waals surface area contributed by atoms with Crippen LogP contribution in [-0.4, -0.2) is 20.7 Å². The number of benzene rings is 1. The number of carbonyl (C=O) groups excluding carboxylic acids is 1. The van der Waals surface area contributed by atoms with Crippen molar-refractivity contribution in [2.45, 2.75) is 6.18 Å². The highest BCUT2D eigenvalue weighted by Gasteiger charge is 2.40. The average Bonchev–Trinajstić information content (AvgIpc) is 3.03. The van der Waals surface area contributed by atoms with E-state index in [2.05, 4.69) is 15.4 Å². The smallest absolute Gasteiger partial charge is 0.305 e. The van der Waals surface area contributed by atoms with Gasteiger partial charge < -0.3 is 5.32 Å². The van der Waals surface area contributed by atoms with E-state index in [0.29, 0.717) is 9.70 Å². The number of hydrogen-bond acceptors (Lipinski definition) is 3. The Kier molecular flexibility index (Phi) is 5.32. The van der Waals surface area contributed by atoms with Gasteiger partial charge in [-0.1, -0.05) is 34.8 Å². The van der Waals surface area contributed by atoms with Crippen molar-refractivity contribution in [1.29, 1.82) is 0 Å². The summed E-state index contributed by atoms with van der Waals surface area (Å²) < 4.78 is 41.5. The highest BCUT2D eigenvalue weighted by molar-refractivity contribution is 6.36. The Labute approximate surface area is 165 Å². The zero-order chi connectivity index (χ0) is 19.8. The Morgan fingerprint density at radius 3 is 2.30 bits per heavy atom. The maximum Gasteiger partial charge on any atom is 0.434 e. The number of pyridine rings is 1. The van der Waals surface area contributed by atoms with E-state index in [4.69, 9.17) is 34.8 Å². The lowest BCUT2D eigenvalue weighted by Crippen LogP contribution is -2.21. The number of amides is 1. The molecule has 140 valence electrons. The molecule has 0 spiro atoms. The standard InChI is InChI=1S/C16H8Cl3F3N4O/c17-8-1-3-10(4-2-8)26-13(16(20,21)22)11(7-24-26)15(27)25-14-12(19)5-9(18)6-23-14/h1-7H,(H,23,25,27). The molecule has 2 aromatic heterocycles. The zero-order valence-electron chi connectivity index (χ0n) is 13.1. The maximum absolute atomic E-state index is 13.6. The first-order valence-corrected chi connectivity index (χ1v) is 8.34. The minimum absolute atomic E-state index is 0.0190. The third kappa shape index (κ3) is 4.18. The molecule has 1 amide bonds. The number of hydrogen-bond donors (Lipinski definition) is 1. The van der Waals surface area contributed by atoms with Crippen LogP contribution in [0.15, 0.2) is 42.7 Å². The van der Waals surface area contributed by atoms with E-state index in [0.717, 1.165) is 6.20 Å². The number of nitrogens with zero attached hydrogens (tertiary/aromatic N) is 3.